The van der Waals surface area contributed by atoms with Gasteiger partial charge in [-0.05, 0) is 84.8 Å². The summed E-state index contributed by atoms with van der Waals surface area (Å²) in [4.78, 5) is 50.1. The van der Waals surface area contributed by atoms with Crippen molar-refractivity contribution in [2.24, 2.45) is 5.41 Å². The lowest BCUT2D eigenvalue weighted by Crippen LogP contribution is -2.45. The molecule has 0 spiro atoms. The van der Waals surface area contributed by atoms with Gasteiger partial charge < -0.3 is 31.3 Å². The van der Waals surface area contributed by atoms with Gasteiger partial charge >= 0.3 is 24.0 Å². The molecule has 274 valence electrons. The summed E-state index contributed by atoms with van der Waals surface area (Å²) in [6.07, 6.45) is -3.14. The molecule has 1 aliphatic carbocycles. The van der Waals surface area contributed by atoms with E-state index in [2.05, 4.69) is 41.5 Å². The Hall–Kier alpha value is -5.15. The molecule has 1 aliphatic rings. The van der Waals surface area contributed by atoms with Crippen LogP contribution in [0.4, 0.5) is 36.4 Å². The van der Waals surface area contributed by atoms with Crippen molar-refractivity contribution >= 4 is 64.2 Å². The Kier molecular flexibility index (Phi) is 11.4. The molecule has 1 aromatic heterocycles. The van der Waals surface area contributed by atoms with Gasteiger partial charge in [-0.2, -0.15) is 28.1 Å². The second kappa shape index (κ2) is 15.6. The van der Waals surface area contributed by atoms with Gasteiger partial charge in [0.25, 0.3) is 5.91 Å². The van der Waals surface area contributed by atoms with Crippen molar-refractivity contribution in [3.63, 3.8) is 0 Å². The number of nitrogens with zero attached hydrogens (tertiary/aromatic N) is 3. The molecule has 3 amide bonds. The van der Waals surface area contributed by atoms with Crippen LogP contribution in [0.2, 0.25) is 10.0 Å². The third-order valence-corrected chi connectivity index (χ3v) is 8.48. The first kappa shape index (κ1) is 38.1. The Bertz CT molecular complexity index is 1940. The van der Waals surface area contributed by atoms with E-state index in [-0.39, 0.29) is 25.0 Å². The quantitative estimate of drug-likeness (QED) is 0.0927. The molecule has 1 saturated carbocycles. The monoisotopic (exact) mass is 758 g/mol. The van der Waals surface area contributed by atoms with Crippen LogP contribution in [0.15, 0.2) is 66.7 Å². The Balaban J connectivity index is 1.17. The molecule has 0 bridgehead atoms. The summed E-state index contributed by atoms with van der Waals surface area (Å²) < 4.78 is 43.6. The van der Waals surface area contributed by atoms with Crippen molar-refractivity contribution < 1.29 is 32.3 Å². The van der Waals surface area contributed by atoms with Crippen molar-refractivity contribution in [2.75, 3.05) is 35.6 Å². The van der Waals surface area contributed by atoms with Crippen LogP contribution in [0.25, 0.3) is 0 Å². The number of carbonyl (C=O) groups excluding carboxylic acids is 3. The fraction of sp³-hybridized carbons (Fsp3) is 0.314. The van der Waals surface area contributed by atoms with E-state index < -0.39 is 47.5 Å². The molecule has 0 unspecified atom stereocenters. The molecule has 5 N–H and O–H groups in total. The van der Waals surface area contributed by atoms with Gasteiger partial charge in [0.15, 0.2) is 6.61 Å². The summed E-state index contributed by atoms with van der Waals surface area (Å²) in [5, 5.41) is 14.9. The molecular formula is C35H35Cl2F3N8O4. The number of carbonyl (C=O) groups is 3. The molecule has 5 rings (SSSR count). The maximum Gasteiger partial charge on any atom is 0.422 e. The number of halogens is 5. The third kappa shape index (κ3) is 10.7. The van der Waals surface area contributed by atoms with E-state index in [4.69, 9.17) is 27.9 Å². The van der Waals surface area contributed by atoms with E-state index in [1.54, 1.807) is 56.3 Å². The first-order valence-corrected chi connectivity index (χ1v) is 16.8. The van der Waals surface area contributed by atoms with E-state index in [9.17, 15) is 27.6 Å². The zero-order chi connectivity index (χ0) is 37.7. The zero-order valence-corrected chi connectivity index (χ0v) is 29.8. The second-order valence-corrected chi connectivity index (χ2v) is 13.9. The second-order valence-electron chi connectivity index (χ2n) is 13.1. The number of ether oxygens (including phenoxy) is 1. The molecule has 3 aromatic carbocycles. The van der Waals surface area contributed by atoms with Crippen LogP contribution < -0.4 is 31.3 Å². The Morgan fingerprint density at radius 2 is 1.50 bits per heavy atom. The highest BCUT2D eigenvalue weighted by Gasteiger charge is 2.45. The van der Waals surface area contributed by atoms with E-state index in [0.717, 1.165) is 24.0 Å². The van der Waals surface area contributed by atoms with Gasteiger partial charge in [0, 0.05) is 29.4 Å². The SMILES string of the molecule is Cc1ccc(NC(=O)C(=O)NCC(C)(C)CNC(=O)c2ccc(Nc3nc(NC4(c5ccc(Cl)cc5)CC4)nc(OCC(F)(F)F)n3)cc2)c(Cl)c1. The minimum Gasteiger partial charge on any atom is -0.454 e. The predicted molar refractivity (Wildman–Crippen MR) is 191 cm³/mol. The lowest BCUT2D eigenvalue weighted by atomic mass is 9.93. The summed E-state index contributed by atoms with van der Waals surface area (Å²) in [6, 6.07) is 17.9. The fourth-order valence-corrected chi connectivity index (χ4v) is 5.30. The first-order valence-electron chi connectivity index (χ1n) is 16.0. The number of amides is 3. The van der Waals surface area contributed by atoms with Crippen LogP contribution in [0.1, 0.15) is 48.2 Å². The predicted octanol–water partition coefficient (Wildman–Crippen LogP) is 6.78. The van der Waals surface area contributed by atoms with E-state index in [1.165, 1.54) is 12.1 Å². The summed E-state index contributed by atoms with van der Waals surface area (Å²) in [6.45, 7) is 4.11. The van der Waals surface area contributed by atoms with Crippen molar-refractivity contribution in [3.05, 3.63) is 93.5 Å². The average Bonchev–Trinajstić information content (AvgIpc) is 3.87. The number of benzene rings is 3. The van der Waals surface area contributed by atoms with Gasteiger partial charge in [0.05, 0.1) is 16.2 Å². The standard InChI is InChI=1S/C35H35Cl2F3N8O4/c1-20-4-13-26(25(37)16-20)44-29(51)28(50)42-18-33(2,3)17-41-27(49)21-5-11-24(12-6-21)43-30-45-31(47-32(46-30)52-19-35(38,39)40)48-34(14-15-34)22-7-9-23(36)10-8-22/h4-13,16H,14-15,17-19H2,1-3H3,(H,41,49)(H,42,50)(H,44,51)(H2,43,45,46,47,48). The van der Waals surface area contributed by atoms with Crippen molar-refractivity contribution in [1.29, 1.82) is 0 Å². The molecule has 0 aliphatic heterocycles. The van der Waals surface area contributed by atoms with Gasteiger partial charge in [0.1, 0.15) is 0 Å². The maximum atomic E-state index is 12.9. The molecule has 0 saturated heterocycles. The van der Waals surface area contributed by atoms with Crippen molar-refractivity contribution in [1.82, 2.24) is 25.6 Å². The number of anilines is 4. The number of aryl methyl sites for hydroxylation is 1. The smallest absolute Gasteiger partial charge is 0.422 e. The van der Waals surface area contributed by atoms with Crippen LogP contribution in [0, 0.1) is 12.3 Å². The van der Waals surface area contributed by atoms with E-state index in [0.29, 0.717) is 27.0 Å². The number of nitrogens with one attached hydrogen (secondary N) is 5. The molecule has 17 heteroatoms. The van der Waals surface area contributed by atoms with Crippen molar-refractivity contribution in [3.8, 4) is 6.01 Å². The normalized spacial score (nSPS) is 13.5. The van der Waals surface area contributed by atoms with E-state index >= 15 is 0 Å². The molecular weight excluding hydrogens is 724 g/mol. The fourth-order valence-electron chi connectivity index (χ4n) is 4.89. The van der Waals surface area contributed by atoms with Crippen LogP contribution >= 0.6 is 23.2 Å². The molecule has 0 atom stereocenters. The molecule has 1 heterocycles. The van der Waals surface area contributed by atoms with Crippen molar-refractivity contribution in [2.45, 2.75) is 45.3 Å². The summed E-state index contributed by atoms with van der Waals surface area (Å²) in [7, 11) is 0. The van der Waals surface area contributed by atoms with Crippen LogP contribution in [0.3, 0.4) is 0 Å². The number of rotatable bonds is 13. The van der Waals surface area contributed by atoms with Crippen LogP contribution in [-0.4, -0.2) is 58.5 Å². The average molecular weight is 760 g/mol. The lowest BCUT2D eigenvalue weighted by molar-refractivity contribution is -0.154. The molecule has 0 radical (unpaired) electrons. The highest BCUT2D eigenvalue weighted by Crippen LogP contribution is 2.48. The summed E-state index contributed by atoms with van der Waals surface area (Å²) in [5.41, 5.74) is 1.72. The molecule has 1 fully saturated rings. The van der Waals surface area contributed by atoms with Crippen LogP contribution in [-0.2, 0) is 15.1 Å². The minimum absolute atomic E-state index is 0.00761. The van der Waals surface area contributed by atoms with Gasteiger partial charge in [-0.3, -0.25) is 14.4 Å². The molecule has 52 heavy (non-hydrogen) atoms. The minimum atomic E-state index is -4.61. The topological polar surface area (TPSA) is 159 Å². The van der Waals surface area contributed by atoms with Gasteiger partial charge in [-0.15, -0.1) is 0 Å². The highest BCUT2D eigenvalue weighted by atomic mass is 35.5. The summed E-state index contributed by atoms with van der Waals surface area (Å²) >= 11 is 12.2. The Labute approximate surface area is 307 Å². The lowest BCUT2D eigenvalue weighted by Gasteiger charge is -2.25. The highest BCUT2D eigenvalue weighted by molar-refractivity contribution is 6.41. The van der Waals surface area contributed by atoms with E-state index in [1.807, 2.05) is 19.1 Å². The zero-order valence-electron chi connectivity index (χ0n) is 28.3. The molecule has 4 aromatic rings. The largest absolute Gasteiger partial charge is 0.454 e. The first-order chi connectivity index (χ1) is 24.5. The number of hydrogen-bond donors (Lipinski definition) is 5. The number of alkyl halides is 3. The molecule has 12 nitrogen and oxygen atoms in total. The Morgan fingerprint density at radius 1 is 0.846 bits per heavy atom. The Morgan fingerprint density at radius 3 is 2.13 bits per heavy atom. The third-order valence-electron chi connectivity index (χ3n) is 7.91. The number of hydrogen-bond acceptors (Lipinski definition) is 9. The van der Waals surface area contributed by atoms with Gasteiger partial charge in [-0.25, -0.2) is 0 Å². The summed E-state index contributed by atoms with van der Waals surface area (Å²) in [5.74, 6) is -2.21. The van der Waals surface area contributed by atoms with Gasteiger partial charge in [-0.1, -0.05) is 55.2 Å². The van der Waals surface area contributed by atoms with Crippen LogP contribution in [0.5, 0.6) is 6.01 Å². The number of aromatic nitrogens is 3. The maximum absolute atomic E-state index is 12.9. The van der Waals surface area contributed by atoms with Gasteiger partial charge in [0.2, 0.25) is 11.9 Å².